The standard InChI is InChI=1S/C22H28O/c23-21-13-7-8-15-22(16-14-21,17-19-9-3-1-4-10-19)18-20-11-5-2-6-12-20/h1-6,9-12,21,23H,7-8,13-18H2. The molecule has 0 saturated heterocycles. The van der Waals surface area contributed by atoms with Gasteiger partial charge in [0.1, 0.15) is 0 Å². The van der Waals surface area contributed by atoms with Gasteiger partial charge < -0.3 is 5.11 Å². The van der Waals surface area contributed by atoms with Gasteiger partial charge in [0.05, 0.1) is 6.10 Å². The molecule has 0 bridgehead atoms. The maximum absolute atomic E-state index is 10.2. The fourth-order valence-corrected chi connectivity index (χ4v) is 4.10. The zero-order chi connectivity index (χ0) is 16.0. The molecule has 0 amide bonds. The number of hydrogen-bond donors (Lipinski definition) is 1. The Hall–Kier alpha value is -1.60. The Bertz CT molecular complexity index is 534. The van der Waals surface area contributed by atoms with Crippen molar-refractivity contribution in [2.24, 2.45) is 5.41 Å². The van der Waals surface area contributed by atoms with Crippen LogP contribution in [0.2, 0.25) is 0 Å². The van der Waals surface area contributed by atoms with Gasteiger partial charge >= 0.3 is 0 Å². The molecule has 1 aliphatic carbocycles. The van der Waals surface area contributed by atoms with E-state index in [1.165, 1.54) is 24.0 Å². The third-order valence-electron chi connectivity index (χ3n) is 5.35. The van der Waals surface area contributed by atoms with E-state index in [1.54, 1.807) is 0 Å². The van der Waals surface area contributed by atoms with Gasteiger partial charge in [0.15, 0.2) is 0 Å². The van der Waals surface area contributed by atoms with Crippen LogP contribution in [0, 0.1) is 5.41 Å². The van der Waals surface area contributed by atoms with Crippen molar-refractivity contribution < 1.29 is 5.11 Å². The van der Waals surface area contributed by atoms with E-state index < -0.39 is 0 Å². The summed E-state index contributed by atoms with van der Waals surface area (Å²) in [7, 11) is 0. The summed E-state index contributed by atoms with van der Waals surface area (Å²) in [5.41, 5.74) is 3.14. The van der Waals surface area contributed by atoms with Gasteiger partial charge in [-0.15, -0.1) is 0 Å². The minimum absolute atomic E-state index is 0.110. The summed E-state index contributed by atoms with van der Waals surface area (Å²) in [5, 5.41) is 10.2. The second-order valence-electron chi connectivity index (χ2n) is 7.26. The molecule has 0 spiro atoms. The van der Waals surface area contributed by atoms with Crippen molar-refractivity contribution in [1.29, 1.82) is 0 Å². The summed E-state index contributed by atoms with van der Waals surface area (Å²) in [6.45, 7) is 0. The molecule has 122 valence electrons. The maximum atomic E-state index is 10.2. The molecular weight excluding hydrogens is 280 g/mol. The van der Waals surface area contributed by atoms with Crippen molar-refractivity contribution >= 4 is 0 Å². The summed E-state index contributed by atoms with van der Waals surface area (Å²) in [5.74, 6) is 0. The molecule has 0 heterocycles. The molecule has 2 aromatic rings. The van der Waals surface area contributed by atoms with Crippen LogP contribution in [0.1, 0.15) is 49.7 Å². The van der Waals surface area contributed by atoms with Gasteiger partial charge in [-0.1, -0.05) is 73.5 Å². The highest BCUT2D eigenvalue weighted by molar-refractivity contribution is 5.21. The minimum atomic E-state index is -0.110. The highest BCUT2D eigenvalue weighted by Gasteiger charge is 2.32. The first-order chi connectivity index (χ1) is 11.3. The van der Waals surface area contributed by atoms with Crippen molar-refractivity contribution in [2.75, 3.05) is 0 Å². The molecule has 3 rings (SSSR count). The lowest BCUT2D eigenvalue weighted by atomic mass is 9.68. The molecule has 1 saturated carbocycles. The smallest absolute Gasteiger partial charge is 0.0540 e. The number of aliphatic hydroxyl groups is 1. The van der Waals surface area contributed by atoms with Crippen LogP contribution in [0.4, 0.5) is 0 Å². The summed E-state index contributed by atoms with van der Waals surface area (Å²) in [6, 6.07) is 21.8. The molecule has 0 aliphatic heterocycles. The summed E-state index contributed by atoms with van der Waals surface area (Å²) in [6.07, 6.45) is 8.84. The van der Waals surface area contributed by atoms with E-state index in [4.69, 9.17) is 0 Å². The second kappa shape index (κ2) is 7.79. The van der Waals surface area contributed by atoms with Crippen molar-refractivity contribution in [3.8, 4) is 0 Å². The Labute approximate surface area is 140 Å². The van der Waals surface area contributed by atoms with Crippen molar-refractivity contribution in [3.05, 3.63) is 71.8 Å². The first kappa shape index (κ1) is 16.3. The average molecular weight is 308 g/mol. The van der Waals surface area contributed by atoms with Crippen LogP contribution in [0.25, 0.3) is 0 Å². The van der Waals surface area contributed by atoms with E-state index in [0.29, 0.717) is 0 Å². The Morgan fingerprint density at radius 1 is 0.739 bits per heavy atom. The zero-order valence-corrected chi connectivity index (χ0v) is 14.0. The Morgan fingerprint density at radius 2 is 1.30 bits per heavy atom. The topological polar surface area (TPSA) is 20.2 Å². The quantitative estimate of drug-likeness (QED) is 0.826. The van der Waals surface area contributed by atoms with E-state index in [1.807, 2.05) is 0 Å². The lowest BCUT2D eigenvalue weighted by molar-refractivity contribution is 0.0991. The van der Waals surface area contributed by atoms with E-state index in [-0.39, 0.29) is 11.5 Å². The second-order valence-corrected chi connectivity index (χ2v) is 7.26. The summed E-state index contributed by atoms with van der Waals surface area (Å²) < 4.78 is 0. The summed E-state index contributed by atoms with van der Waals surface area (Å²) in [4.78, 5) is 0. The highest BCUT2D eigenvalue weighted by atomic mass is 16.3. The van der Waals surface area contributed by atoms with Crippen LogP contribution in [0.15, 0.2) is 60.7 Å². The largest absolute Gasteiger partial charge is 0.393 e. The van der Waals surface area contributed by atoms with Crippen molar-refractivity contribution in [3.63, 3.8) is 0 Å². The number of rotatable bonds is 4. The van der Waals surface area contributed by atoms with Gasteiger partial charge in [-0.2, -0.15) is 0 Å². The van der Waals surface area contributed by atoms with Gasteiger partial charge in [-0.25, -0.2) is 0 Å². The van der Waals surface area contributed by atoms with Gasteiger partial charge in [-0.3, -0.25) is 0 Å². The molecule has 1 heteroatoms. The average Bonchev–Trinajstić information content (AvgIpc) is 2.57. The van der Waals surface area contributed by atoms with Gasteiger partial charge in [0.25, 0.3) is 0 Å². The van der Waals surface area contributed by atoms with E-state index >= 15 is 0 Å². The van der Waals surface area contributed by atoms with Crippen LogP contribution in [-0.2, 0) is 12.8 Å². The number of aliphatic hydroxyl groups excluding tert-OH is 1. The van der Waals surface area contributed by atoms with E-state index in [2.05, 4.69) is 60.7 Å². The molecular formula is C22H28O. The van der Waals surface area contributed by atoms with Crippen LogP contribution in [0.5, 0.6) is 0 Å². The first-order valence-corrected chi connectivity index (χ1v) is 9.02. The molecule has 0 aromatic heterocycles. The molecule has 23 heavy (non-hydrogen) atoms. The molecule has 0 radical (unpaired) electrons. The normalized spacial score (nSPS) is 21.3. The Morgan fingerprint density at radius 3 is 1.87 bits per heavy atom. The lowest BCUT2D eigenvalue weighted by Gasteiger charge is -2.37. The van der Waals surface area contributed by atoms with Crippen molar-refractivity contribution in [2.45, 2.75) is 57.5 Å². The molecule has 1 atom stereocenters. The third-order valence-corrected chi connectivity index (χ3v) is 5.35. The molecule has 2 aromatic carbocycles. The minimum Gasteiger partial charge on any atom is -0.393 e. The van der Waals surface area contributed by atoms with Gasteiger partial charge in [0, 0.05) is 0 Å². The monoisotopic (exact) mass is 308 g/mol. The number of hydrogen-bond acceptors (Lipinski definition) is 1. The maximum Gasteiger partial charge on any atom is 0.0540 e. The Balaban J connectivity index is 1.84. The van der Waals surface area contributed by atoms with Crippen LogP contribution >= 0.6 is 0 Å². The molecule has 1 fully saturated rings. The third kappa shape index (κ3) is 4.68. The Kier molecular flexibility index (Phi) is 5.51. The molecule has 1 unspecified atom stereocenters. The number of benzene rings is 2. The molecule has 1 N–H and O–H groups in total. The summed E-state index contributed by atoms with van der Waals surface area (Å²) >= 11 is 0. The fourth-order valence-electron chi connectivity index (χ4n) is 4.10. The fraction of sp³-hybridized carbons (Fsp3) is 0.455. The predicted octanol–water partition coefficient (Wildman–Crippen LogP) is 5.17. The van der Waals surface area contributed by atoms with Gasteiger partial charge in [0.2, 0.25) is 0 Å². The van der Waals surface area contributed by atoms with Crippen molar-refractivity contribution in [1.82, 2.24) is 0 Å². The molecule has 1 nitrogen and oxygen atoms in total. The molecule has 1 aliphatic rings. The van der Waals surface area contributed by atoms with Gasteiger partial charge in [-0.05, 0) is 55.1 Å². The van der Waals surface area contributed by atoms with E-state index in [9.17, 15) is 5.11 Å². The van der Waals surface area contributed by atoms with Crippen LogP contribution in [-0.4, -0.2) is 11.2 Å². The van der Waals surface area contributed by atoms with E-state index in [0.717, 1.165) is 38.5 Å². The lowest BCUT2D eigenvalue weighted by Crippen LogP contribution is -2.30. The predicted molar refractivity (Wildman–Crippen MR) is 96.4 cm³/mol. The highest BCUT2D eigenvalue weighted by Crippen LogP contribution is 2.40. The SMILES string of the molecule is OC1CCCCC(Cc2ccccc2)(Cc2ccccc2)CC1. The van der Waals surface area contributed by atoms with Crippen LogP contribution in [0.3, 0.4) is 0 Å². The first-order valence-electron chi connectivity index (χ1n) is 9.02. The van der Waals surface area contributed by atoms with Crippen LogP contribution < -0.4 is 0 Å². The zero-order valence-electron chi connectivity index (χ0n) is 14.0.